The van der Waals surface area contributed by atoms with Crippen LogP contribution in [0.3, 0.4) is 0 Å². The maximum Gasteiger partial charge on any atom is 0.0760 e. The van der Waals surface area contributed by atoms with E-state index in [2.05, 4.69) is 10.2 Å². The second kappa shape index (κ2) is 6.99. The fourth-order valence-electron chi connectivity index (χ4n) is 2.04. The number of thioether (sulfide) groups is 1. The standard InChI is InChI=1S/C13H21N3OS/c14-12-3-1-2-4-13(12)18-10-11(17)9-16-7-5-15-6-8-16/h1-4,11,15,17H,5-10,14H2. The first-order valence-electron chi connectivity index (χ1n) is 6.34. The van der Waals surface area contributed by atoms with Crippen LogP contribution in [0.25, 0.3) is 0 Å². The van der Waals surface area contributed by atoms with Crippen LogP contribution in [0.4, 0.5) is 5.69 Å². The molecule has 0 aliphatic carbocycles. The van der Waals surface area contributed by atoms with E-state index in [1.807, 2.05) is 24.3 Å². The van der Waals surface area contributed by atoms with Gasteiger partial charge in [0.25, 0.3) is 0 Å². The molecular formula is C13H21N3OS. The van der Waals surface area contributed by atoms with E-state index in [4.69, 9.17) is 5.73 Å². The van der Waals surface area contributed by atoms with Crippen molar-refractivity contribution in [3.63, 3.8) is 0 Å². The molecule has 2 rings (SSSR count). The zero-order valence-corrected chi connectivity index (χ0v) is 11.3. The van der Waals surface area contributed by atoms with Gasteiger partial charge in [-0.1, -0.05) is 12.1 Å². The van der Waals surface area contributed by atoms with E-state index in [1.54, 1.807) is 11.8 Å². The summed E-state index contributed by atoms with van der Waals surface area (Å²) in [7, 11) is 0. The number of hydrogen-bond donors (Lipinski definition) is 3. The van der Waals surface area contributed by atoms with Crippen molar-refractivity contribution in [3.05, 3.63) is 24.3 Å². The normalized spacial score (nSPS) is 18.7. The van der Waals surface area contributed by atoms with Crippen molar-refractivity contribution in [2.75, 3.05) is 44.2 Å². The minimum absolute atomic E-state index is 0.298. The quantitative estimate of drug-likeness (QED) is 0.539. The summed E-state index contributed by atoms with van der Waals surface area (Å²) in [6.45, 7) is 4.84. The Kier molecular flexibility index (Phi) is 5.31. The number of para-hydroxylation sites is 1. The van der Waals surface area contributed by atoms with Crippen molar-refractivity contribution in [2.45, 2.75) is 11.0 Å². The summed E-state index contributed by atoms with van der Waals surface area (Å²) in [4.78, 5) is 3.35. The second-order valence-electron chi connectivity index (χ2n) is 4.55. The van der Waals surface area contributed by atoms with Gasteiger partial charge < -0.3 is 16.2 Å². The lowest BCUT2D eigenvalue weighted by Gasteiger charge is -2.29. The Hall–Kier alpha value is -0.750. The van der Waals surface area contributed by atoms with Crippen LogP contribution in [0.2, 0.25) is 0 Å². The molecule has 4 nitrogen and oxygen atoms in total. The Balaban J connectivity index is 1.74. The Labute approximate surface area is 113 Å². The topological polar surface area (TPSA) is 61.5 Å². The molecule has 1 saturated heterocycles. The number of β-amino-alcohol motifs (C(OH)–C–C–N with tert-alkyl or cyclic N) is 1. The third-order valence-corrected chi connectivity index (χ3v) is 4.26. The molecule has 1 aliphatic rings. The van der Waals surface area contributed by atoms with Gasteiger partial charge in [-0.15, -0.1) is 11.8 Å². The third-order valence-electron chi connectivity index (χ3n) is 3.03. The van der Waals surface area contributed by atoms with E-state index in [0.29, 0.717) is 5.75 Å². The average Bonchev–Trinajstić information content (AvgIpc) is 2.39. The maximum absolute atomic E-state index is 10.0. The van der Waals surface area contributed by atoms with E-state index in [1.165, 1.54) is 0 Å². The highest BCUT2D eigenvalue weighted by atomic mass is 32.2. The van der Waals surface area contributed by atoms with Gasteiger partial charge in [0.15, 0.2) is 0 Å². The largest absolute Gasteiger partial charge is 0.398 e. The van der Waals surface area contributed by atoms with Crippen LogP contribution in [0.5, 0.6) is 0 Å². The van der Waals surface area contributed by atoms with E-state index in [-0.39, 0.29) is 6.10 Å². The predicted molar refractivity (Wildman–Crippen MR) is 76.9 cm³/mol. The highest BCUT2D eigenvalue weighted by Crippen LogP contribution is 2.24. The molecule has 0 amide bonds. The van der Waals surface area contributed by atoms with Crippen molar-refractivity contribution in [1.82, 2.24) is 10.2 Å². The van der Waals surface area contributed by atoms with Crippen molar-refractivity contribution in [3.8, 4) is 0 Å². The molecule has 1 atom stereocenters. The Bertz CT molecular complexity index is 369. The van der Waals surface area contributed by atoms with Gasteiger partial charge in [0.1, 0.15) is 0 Å². The number of aliphatic hydroxyl groups is 1. The van der Waals surface area contributed by atoms with Crippen LogP contribution >= 0.6 is 11.8 Å². The van der Waals surface area contributed by atoms with Crippen LogP contribution in [-0.2, 0) is 0 Å². The lowest BCUT2D eigenvalue weighted by atomic mass is 10.3. The maximum atomic E-state index is 10.0. The number of nitrogens with zero attached hydrogens (tertiary/aromatic N) is 1. The number of hydrogen-bond acceptors (Lipinski definition) is 5. The number of nitrogens with two attached hydrogens (primary N) is 1. The van der Waals surface area contributed by atoms with Crippen LogP contribution in [0.15, 0.2) is 29.2 Å². The summed E-state index contributed by atoms with van der Waals surface area (Å²) in [5, 5.41) is 13.3. The summed E-state index contributed by atoms with van der Waals surface area (Å²) in [5.41, 5.74) is 6.66. The first kappa shape index (κ1) is 13.7. The van der Waals surface area contributed by atoms with E-state index in [9.17, 15) is 5.11 Å². The van der Waals surface area contributed by atoms with E-state index in [0.717, 1.165) is 43.3 Å². The second-order valence-corrected chi connectivity index (χ2v) is 5.62. The third kappa shape index (κ3) is 4.17. The molecule has 1 heterocycles. The average molecular weight is 267 g/mol. The smallest absolute Gasteiger partial charge is 0.0760 e. The monoisotopic (exact) mass is 267 g/mol. The van der Waals surface area contributed by atoms with Crippen molar-refractivity contribution in [1.29, 1.82) is 0 Å². The van der Waals surface area contributed by atoms with Crippen LogP contribution in [-0.4, -0.2) is 54.6 Å². The Morgan fingerprint density at radius 3 is 2.78 bits per heavy atom. The van der Waals surface area contributed by atoms with Gasteiger partial charge in [-0.3, -0.25) is 4.90 Å². The highest BCUT2D eigenvalue weighted by molar-refractivity contribution is 7.99. The summed E-state index contributed by atoms with van der Waals surface area (Å²) < 4.78 is 0. The van der Waals surface area contributed by atoms with Gasteiger partial charge in [-0.2, -0.15) is 0 Å². The van der Waals surface area contributed by atoms with Crippen LogP contribution in [0.1, 0.15) is 0 Å². The van der Waals surface area contributed by atoms with Crippen LogP contribution in [0, 0.1) is 0 Å². The SMILES string of the molecule is Nc1ccccc1SCC(O)CN1CCNCC1. The van der Waals surface area contributed by atoms with Crippen LogP contribution < -0.4 is 11.1 Å². The lowest BCUT2D eigenvalue weighted by Crippen LogP contribution is -2.46. The molecule has 18 heavy (non-hydrogen) atoms. The van der Waals surface area contributed by atoms with Gasteiger partial charge in [0.2, 0.25) is 0 Å². The number of anilines is 1. The van der Waals surface area contributed by atoms with Crippen molar-refractivity contribution in [2.24, 2.45) is 0 Å². The van der Waals surface area contributed by atoms with Crippen molar-refractivity contribution >= 4 is 17.4 Å². The number of aliphatic hydroxyl groups excluding tert-OH is 1. The molecule has 1 fully saturated rings. The molecule has 0 aromatic heterocycles. The zero-order valence-electron chi connectivity index (χ0n) is 10.5. The molecule has 1 aromatic carbocycles. The summed E-state index contributed by atoms with van der Waals surface area (Å²) in [6, 6.07) is 7.79. The van der Waals surface area contributed by atoms with Crippen molar-refractivity contribution < 1.29 is 5.11 Å². The van der Waals surface area contributed by atoms with Gasteiger partial charge in [0.05, 0.1) is 6.10 Å². The Morgan fingerprint density at radius 1 is 1.33 bits per heavy atom. The first-order valence-corrected chi connectivity index (χ1v) is 7.32. The highest BCUT2D eigenvalue weighted by Gasteiger charge is 2.14. The number of nitrogens with one attached hydrogen (secondary N) is 1. The molecule has 5 heteroatoms. The molecule has 100 valence electrons. The summed E-state index contributed by atoms with van der Waals surface area (Å²) >= 11 is 1.63. The summed E-state index contributed by atoms with van der Waals surface area (Å²) in [6.07, 6.45) is -0.298. The molecule has 1 aromatic rings. The lowest BCUT2D eigenvalue weighted by molar-refractivity contribution is 0.121. The minimum Gasteiger partial charge on any atom is -0.398 e. The van der Waals surface area contributed by atoms with Gasteiger partial charge in [-0.05, 0) is 12.1 Å². The fourth-order valence-corrected chi connectivity index (χ4v) is 2.93. The minimum atomic E-state index is -0.298. The predicted octanol–water partition coefficient (Wildman–Crippen LogP) is 0.627. The molecule has 1 aliphatic heterocycles. The first-order chi connectivity index (χ1) is 8.75. The van der Waals surface area contributed by atoms with E-state index >= 15 is 0 Å². The van der Waals surface area contributed by atoms with Gasteiger partial charge in [-0.25, -0.2) is 0 Å². The Morgan fingerprint density at radius 2 is 2.06 bits per heavy atom. The number of rotatable bonds is 5. The zero-order chi connectivity index (χ0) is 12.8. The molecular weight excluding hydrogens is 246 g/mol. The number of benzene rings is 1. The van der Waals surface area contributed by atoms with Gasteiger partial charge >= 0.3 is 0 Å². The molecule has 4 N–H and O–H groups in total. The van der Waals surface area contributed by atoms with E-state index < -0.39 is 0 Å². The molecule has 0 bridgehead atoms. The fraction of sp³-hybridized carbons (Fsp3) is 0.538. The van der Waals surface area contributed by atoms with Gasteiger partial charge in [0, 0.05) is 49.1 Å². The molecule has 0 radical (unpaired) electrons. The number of piperazine rings is 1. The molecule has 1 unspecified atom stereocenters. The molecule has 0 saturated carbocycles. The summed E-state index contributed by atoms with van der Waals surface area (Å²) in [5.74, 6) is 0.693. The number of nitrogen functional groups attached to an aromatic ring is 1. The molecule has 0 spiro atoms.